The Balaban J connectivity index is 1.19. The number of anilines is 2. The molecule has 4 aromatic carbocycles. The number of aromatic amines is 1. The molecule has 2 unspecified atom stereocenters. The fourth-order valence-corrected chi connectivity index (χ4v) is 9.49. The number of halogens is 2. The van der Waals surface area contributed by atoms with Crippen molar-refractivity contribution < 1.29 is 19.1 Å². The number of allylic oxidation sites excluding steroid dienone is 2. The number of nitrogens with zero attached hydrogens (tertiary/aromatic N) is 3. The second-order valence-electron chi connectivity index (χ2n) is 15.1. The second-order valence-corrected chi connectivity index (χ2v) is 16.0. The van der Waals surface area contributed by atoms with Gasteiger partial charge in [-0.05, 0) is 89.9 Å². The minimum Gasteiger partial charge on any atom is -0.465 e. The molecule has 0 aliphatic carbocycles. The van der Waals surface area contributed by atoms with Gasteiger partial charge in [0.25, 0.3) is 5.91 Å². The van der Waals surface area contributed by atoms with Gasteiger partial charge < -0.3 is 35.1 Å². The number of ether oxygens (including phenoxy) is 1. The number of esters is 1. The molecule has 0 radical (unpaired) electrons. The summed E-state index contributed by atoms with van der Waals surface area (Å²) in [5.41, 5.74) is 8.63. The van der Waals surface area contributed by atoms with Crippen molar-refractivity contribution in [2.24, 2.45) is 5.92 Å². The van der Waals surface area contributed by atoms with Gasteiger partial charge in [0.05, 0.1) is 35.8 Å². The van der Waals surface area contributed by atoms with Crippen LogP contribution in [0.2, 0.25) is 10.0 Å². The van der Waals surface area contributed by atoms with E-state index in [1.807, 2.05) is 65.6 Å². The van der Waals surface area contributed by atoms with E-state index in [0.29, 0.717) is 53.2 Å². The predicted molar refractivity (Wildman–Crippen MR) is 226 cm³/mol. The van der Waals surface area contributed by atoms with E-state index in [1.165, 1.54) is 7.11 Å². The van der Waals surface area contributed by atoms with E-state index in [4.69, 9.17) is 27.9 Å². The molecule has 2 fully saturated rings. The SMILES string of the molecule is COC(=O)c1ccc(N2CCC(N3CCNC3=O)CC2)c(NC(=O)c2[nH]c3cc(Cl)cc4c3c2C2=C(c3ccccc3)C(C)CC=CN2C4c2ccc(Cl)cc2)c1. The van der Waals surface area contributed by atoms with Crippen LogP contribution in [0.25, 0.3) is 22.2 Å². The molecule has 2 atom stereocenters. The van der Waals surface area contributed by atoms with Gasteiger partial charge in [-0.25, -0.2) is 9.59 Å². The molecule has 0 bridgehead atoms. The maximum atomic E-state index is 15.1. The van der Waals surface area contributed by atoms with Crippen LogP contribution in [0.3, 0.4) is 0 Å². The molecule has 10 nitrogen and oxygen atoms in total. The van der Waals surface area contributed by atoms with Crippen LogP contribution in [0.1, 0.15) is 75.3 Å². The Morgan fingerprint density at radius 1 is 0.912 bits per heavy atom. The first kappa shape index (κ1) is 36.9. The maximum absolute atomic E-state index is 15.1. The standard InChI is InChI=1S/C45H42Cl2N6O4/c1-26-7-6-19-53-41(28-10-13-30(46)14-11-28)33-24-31(47)25-35-38(33)39(42(53)37(26)27-8-4-3-5-9-27)40(49-35)43(54)50-34-23-29(44(55)57-2)12-15-36(34)51-20-16-32(17-21-51)52-22-18-48-45(52)56/h3-6,8-15,19,23-26,32,41,49H,7,16-18,20-22H2,1-2H3,(H,48,56)(H,50,54). The molecule has 57 heavy (non-hydrogen) atoms. The number of rotatable bonds is 7. The first-order valence-electron chi connectivity index (χ1n) is 19.4. The molecule has 290 valence electrons. The lowest BCUT2D eigenvalue weighted by Crippen LogP contribution is -2.46. The number of fused-ring (bicyclic) bond motifs is 2. The number of piperidine rings is 1. The van der Waals surface area contributed by atoms with Crippen molar-refractivity contribution in [3.63, 3.8) is 0 Å². The van der Waals surface area contributed by atoms with Gasteiger partial charge in [0.15, 0.2) is 0 Å². The van der Waals surface area contributed by atoms with Gasteiger partial charge in [0, 0.05) is 64.9 Å². The van der Waals surface area contributed by atoms with Crippen LogP contribution in [0.15, 0.2) is 97.2 Å². The number of urea groups is 1. The Morgan fingerprint density at radius 2 is 1.68 bits per heavy atom. The number of nitrogens with one attached hydrogen (secondary N) is 3. The second kappa shape index (κ2) is 15.0. The zero-order chi connectivity index (χ0) is 39.4. The molecule has 5 aromatic rings. The Labute approximate surface area is 341 Å². The van der Waals surface area contributed by atoms with Gasteiger partial charge in [-0.1, -0.05) is 78.7 Å². The smallest absolute Gasteiger partial charge is 0.337 e. The lowest BCUT2D eigenvalue weighted by molar-refractivity contribution is 0.0600. The normalized spacial score (nSPS) is 19.4. The highest BCUT2D eigenvalue weighted by Gasteiger charge is 2.40. The Hall–Kier alpha value is -5.71. The van der Waals surface area contributed by atoms with Crippen LogP contribution in [0.4, 0.5) is 16.2 Å². The number of aromatic nitrogens is 1. The topological polar surface area (TPSA) is 110 Å². The molecule has 0 saturated carbocycles. The monoisotopic (exact) mass is 800 g/mol. The van der Waals surface area contributed by atoms with Crippen molar-refractivity contribution in [3.05, 3.63) is 141 Å². The summed E-state index contributed by atoms with van der Waals surface area (Å²) >= 11 is 13.3. The summed E-state index contributed by atoms with van der Waals surface area (Å²) < 4.78 is 5.09. The Bertz CT molecular complexity index is 2470. The van der Waals surface area contributed by atoms with Gasteiger partial charge in [-0.15, -0.1) is 0 Å². The molecular weight excluding hydrogens is 759 g/mol. The zero-order valence-corrected chi connectivity index (χ0v) is 33.2. The number of amides is 3. The van der Waals surface area contributed by atoms with Crippen molar-refractivity contribution in [1.82, 2.24) is 20.1 Å². The highest BCUT2D eigenvalue weighted by molar-refractivity contribution is 6.32. The first-order chi connectivity index (χ1) is 27.7. The van der Waals surface area contributed by atoms with Crippen molar-refractivity contribution in [3.8, 4) is 0 Å². The predicted octanol–water partition coefficient (Wildman–Crippen LogP) is 9.33. The van der Waals surface area contributed by atoms with E-state index >= 15 is 4.79 Å². The summed E-state index contributed by atoms with van der Waals surface area (Å²) in [5, 5.41) is 8.26. The van der Waals surface area contributed by atoms with Crippen molar-refractivity contribution in [2.75, 3.05) is 43.5 Å². The minimum absolute atomic E-state index is 0.0160. The summed E-state index contributed by atoms with van der Waals surface area (Å²) in [6.07, 6.45) is 6.70. The van der Waals surface area contributed by atoms with Crippen LogP contribution in [0, 0.1) is 5.92 Å². The zero-order valence-electron chi connectivity index (χ0n) is 31.6. The van der Waals surface area contributed by atoms with Gasteiger partial charge in [0.1, 0.15) is 5.69 Å². The first-order valence-corrected chi connectivity index (χ1v) is 20.1. The number of benzene rings is 4. The maximum Gasteiger partial charge on any atom is 0.337 e. The Kier molecular flexibility index (Phi) is 9.70. The van der Waals surface area contributed by atoms with Gasteiger partial charge >= 0.3 is 12.0 Å². The fourth-order valence-electron chi connectivity index (χ4n) is 9.14. The molecule has 3 amide bonds. The summed E-state index contributed by atoms with van der Waals surface area (Å²) in [6, 6.07) is 27.3. The molecule has 4 aliphatic rings. The fraction of sp³-hybridized carbons (Fsp3) is 0.267. The van der Waals surface area contributed by atoms with Crippen molar-refractivity contribution in [2.45, 2.75) is 38.3 Å². The molecule has 12 heteroatoms. The number of carbonyl (C=O) groups is 3. The molecule has 5 heterocycles. The van der Waals surface area contributed by atoms with E-state index in [1.54, 1.807) is 12.1 Å². The third-order valence-corrected chi connectivity index (χ3v) is 12.2. The summed E-state index contributed by atoms with van der Waals surface area (Å²) in [5.74, 6) is -0.750. The largest absolute Gasteiger partial charge is 0.465 e. The molecule has 0 spiro atoms. The van der Waals surface area contributed by atoms with E-state index in [-0.39, 0.29) is 29.9 Å². The average Bonchev–Trinajstić information content (AvgIpc) is 3.78. The average molecular weight is 802 g/mol. The van der Waals surface area contributed by atoms with Crippen LogP contribution in [-0.4, -0.2) is 72.0 Å². The van der Waals surface area contributed by atoms with E-state index in [9.17, 15) is 9.59 Å². The molecule has 9 rings (SSSR count). The van der Waals surface area contributed by atoms with Crippen LogP contribution < -0.4 is 15.5 Å². The summed E-state index contributed by atoms with van der Waals surface area (Å²) in [6.45, 7) is 4.94. The molecule has 2 saturated heterocycles. The van der Waals surface area contributed by atoms with Crippen LogP contribution >= 0.6 is 23.2 Å². The van der Waals surface area contributed by atoms with Crippen LogP contribution in [-0.2, 0) is 4.74 Å². The number of hydrogen-bond acceptors (Lipinski definition) is 6. The van der Waals surface area contributed by atoms with E-state index < -0.39 is 5.97 Å². The quantitative estimate of drug-likeness (QED) is 0.142. The highest BCUT2D eigenvalue weighted by atomic mass is 35.5. The number of methoxy groups -OCH3 is 1. The van der Waals surface area contributed by atoms with E-state index in [2.05, 4.69) is 56.7 Å². The molecular formula is C45H42Cl2N6O4. The number of carbonyl (C=O) groups excluding carboxylic acids is 3. The van der Waals surface area contributed by atoms with Crippen molar-refractivity contribution in [1.29, 1.82) is 0 Å². The van der Waals surface area contributed by atoms with E-state index in [0.717, 1.165) is 69.4 Å². The summed E-state index contributed by atoms with van der Waals surface area (Å²) in [4.78, 5) is 50.3. The minimum atomic E-state index is -0.503. The summed E-state index contributed by atoms with van der Waals surface area (Å²) in [7, 11) is 1.34. The lowest BCUT2D eigenvalue weighted by atomic mass is 9.82. The van der Waals surface area contributed by atoms with Crippen LogP contribution in [0.5, 0.6) is 0 Å². The number of hydrogen-bond donors (Lipinski definition) is 3. The highest BCUT2D eigenvalue weighted by Crippen LogP contribution is 2.53. The van der Waals surface area contributed by atoms with Gasteiger partial charge in [0.2, 0.25) is 0 Å². The third kappa shape index (κ3) is 6.60. The third-order valence-electron chi connectivity index (χ3n) is 11.8. The lowest BCUT2D eigenvalue weighted by Gasteiger charge is -2.39. The Morgan fingerprint density at radius 3 is 2.40 bits per heavy atom. The van der Waals surface area contributed by atoms with Crippen molar-refractivity contribution >= 4 is 74.7 Å². The molecule has 1 aromatic heterocycles. The molecule has 4 aliphatic heterocycles. The molecule has 3 N–H and O–H groups in total. The van der Waals surface area contributed by atoms with Gasteiger partial charge in [-0.3, -0.25) is 4.79 Å². The van der Waals surface area contributed by atoms with Gasteiger partial charge in [-0.2, -0.15) is 0 Å². The number of H-pyrrole nitrogens is 1.